The van der Waals surface area contributed by atoms with Crippen LogP contribution in [0.1, 0.15) is 51.3 Å². The first-order valence-electron chi connectivity index (χ1n) is 24.1. The van der Waals surface area contributed by atoms with Gasteiger partial charge in [-0.15, -0.1) is 21.5 Å². The van der Waals surface area contributed by atoms with Crippen molar-refractivity contribution in [1.82, 2.24) is 35.7 Å². The smallest absolute Gasteiger partial charge is 0.246 e. The number of pyridine rings is 1. The fourth-order valence-electron chi connectivity index (χ4n) is 9.42. The van der Waals surface area contributed by atoms with E-state index in [-0.39, 0.29) is 63.1 Å². The van der Waals surface area contributed by atoms with Gasteiger partial charge in [0.25, 0.3) is 0 Å². The molecule has 3 amide bonds. The van der Waals surface area contributed by atoms with Crippen LogP contribution in [0, 0.1) is 12.3 Å². The Bertz CT molecular complexity index is 2600. The standard InChI is InChI=1S/C51H64N10O9S/c1-32-46(71-31-55-32)34-11-9-33(10-12-34)26-54-49(65)42-24-38(62)29-60(42)50(66)47(51(2,3)4)56-44(64)30-69-20-19-67-17-18-68-21-22-70-45-23-35(15-16-53-45)61-36-13-14-37(61)28-59(27-36)41-25-40(57-58-48(41)52)39-7-5-6-8-43(39)63/h5-12,15-16,23,25,31,36-38,42,47,62-63H,13-14,17-22,24,26-30H2,1-4H3,(H2,52,58)(H,54,65)(H,56,64)/t36?,37?,38-,42+,47-/m1/s1. The third kappa shape index (κ3) is 12.7. The summed E-state index contributed by atoms with van der Waals surface area (Å²) in [5, 5.41) is 35.2. The van der Waals surface area contributed by atoms with Gasteiger partial charge >= 0.3 is 0 Å². The number of hydrogen-bond acceptors (Lipinski definition) is 17. The quantitative estimate of drug-likeness (QED) is 0.0642. The van der Waals surface area contributed by atoms with E-state index in [2.05, 4.69) is 40.6 Å². The molecule has 2 unspecified atom stereocenters. The Kier molecular flexibility index (Phi) is 16.6. The van der Waals surface area contributed by atoms with Crippen LogP contribution < -0.4 is 30.9 Å². The maximum atomic E-state index is 14.0. The lowest BCUT2D eigenvalue weighted by atomic mass is 9.85. The highest BCUT2D eigenvalue weighted by Gasteiger charge is 2.45. The summed E-state index contributed by atoms with van der Waals surface area (Å²) in [5.41, 5.74) is 13.4. The van der Waals surface area contributed by atoms with Crippen molar-refractivity contribution < 1.29 is 43.5 Å². The second kappa shape index (κ2) is 23.2. The molecule has 0 spiro atoms. The molecule has 378 valence electrons. The van der Waals surface area contributed by atoms with Crippen LogP contribution in [0.25, 0.3) is 21.7 Å². The Morgan fingerprint density at radius 1 is 0.887 bits per heavy atom. The second-order valence-electron chi connectivity index (χ2n) is 19.1. The zero-order valence-electron chi connectivity index (χ0n) is 40.7. The number of ether oxygens (including phenoxy) is 4. The number of nitrogens with two attached hydrogens (primary N) is 1. The molecular formula is C51H64N10O9S. The van der Waals surface area contributed by atoms with Crippen LogP contribution in [0.2, 0.25) is 0 Å². The molecule has 0 saturated carbocycles. The first kappa shape index (κ1) is 50.9. The van der Waals surface area contributed by atoms with E-state index in [1.54, 1.807) is 29.7 Å². The number of hydrogen-bond donors (Lipinski definition) is 5. The number of piperazine rings is 1. The minimum atomic E-state index is -0.971. The fourth-order valence-corrected chi connectivity index (χ4v) is 10.2. The van der Waals surface area contributed by atoms with Gasteiger partial charge in [-0.05, 0) is 60.6 Å². The van der Waals surface area contributed by atoms with Gasteiger partial charge in [0.2, 0.25) is 23.6 Å². The number of para-hydroxylation sites is 1. The Labute approximate surface area is 417 Å². The number of benzene rings is 2. The number of β-amino-alcohol motifs (C(OH)–C–C–N with tert-alkyl or cyclic N) is 1. The highest BCUT2D eigenvalue weighted by molar-refractivity contribution is 7.13. The lowest BCUT2D eigenvalue weighted by molar-refractivity contribution is -0.144. The number of aryl methyl sites for hydroxylation is 1. The molecule has 0 aliphatic carbocycles. The van der Waals surface area contributed by atoms with Crippen LogP contribution in [0.5, 0.6) is 11.6 Å². The molecule has 3 fully saturated rings. The van der Waals surface area contributed by atoms with E-state index < -0.39 is 35.4 Å². The third-order valence-electron chi connectivity index (χ3n) is 13.0. The molecule has 19 nitrogen and oxygen atoms in total. The van der Waals surface area contributed by atoms with E-state index in [0.29, 0.717) is 49.4 Å². The van der Waals surface area contributed by atoms with Crippen LogP contribution in [-0.4, -0.2) is 149 Å². The fraction of sp³-hybridized carbons (Fsp3) is 0.471. The summed E-state index contributed by atoms with van der Waals surface area (Å²) in [6, 6.07) is 19.5. The zero-order chi connectivity index (χ0) is 50.1. The Balaban J connectivity index is 0.704. The zero-order valence-corrected chi connectivity index (χ0v) is 41.5. The summed E-state index contributed by atoms with van der Waals surface area (Å²) < 4.78 is 22.8. The predicted octanol–water partition coefficient (Wildman–Crippen LogP) is 4.35. The number of anilines is 3. The first-order chi connectivity index (χ1) is 34.2. The summed E-state index contributed by atoms with van der Waals surface area (Å²) in [6.07, 6.45) is 3.04. The monoisotopic (exact) mass is 992 g/mol. The highest BCUT2D eigenvalue weighted by atomic mass is 32.1. The molecule has 6 heterocycles. The number of aromatic hydroxyl groups is 1. The number of amides is 3. The number of phenols is 1. The molecule has 2 aromatic carbocycles. The maximum Gasteiger partial charge on any atom is 0.246 e. The van der Waals surface area contributed by atoms with Crippen molar-refractivity contribution in [2.75, 3.05) is 81.4 Å². The van der Waals surface area contributed by atoms with Gasteiger partial charge in [0.15, 0.2) is 5.82 Å². The van der Waals surface area contributed by atoms with Crippen molar-refractivity contribution >= 4 is 46.3 Å². The van der Waals surface area contributed by atoms with Crippen LogP contribution in [0.3, 0.4) is 0 Å². The Hall–Kier alpha value is -6.45. The second-order valence-corrected chi connectivity index (χ2v) is 20.0. The van der Waals surface area contributed by atoms with Gasteiger partial charge in [0, 0.05) is 68.2 Å². The normalized spacial score (nSPS) is 19.2. The number of aliphatic hydroxyl groups excluding tert-OH is 1. The van der Waals surface area contributed by atoms with E-state index in [4.69, 9.17) is 24.7 Å². The van der Waals surface area contributed by atoms with Gasteiger partial charge in [-0.3, -0.25) is 14.4 Å². The lowest BCUT2D eigenvalue weighted by Crippen LogP contribution is -2.58. The summed E-state index contributed by atoms with van der Waals surface area (Å²) in [7, 11) is 0. The lowest BCUT2D eigenvalue weighted by Gasteiger charge is -2.43. The van der Waals surface area contributed by atoms with Crippen molar-refractivity contribution in [1.29, 1.82) is 0 Å². The molecule has 5 aromatic rings. The number of phenolic OH excluding ortho intramolecular Hbond substituents is 1. The summed E-state index contributed by atoms with van der Waals surface area (Å²) in [6.45, 7) is 10.6. The largest absolute Gasteiger partial charge is 0.507 e. The average Bonchev–Trinajstić information content (AvgIpc) is 4.05. The van der Waals surface area contributed by atoms with Gasteiger partial charge in [0.1, 0.15) is 31.0 Å². The molecule has 3 aliphatic heterocycles. The van der Waals surface area contributed by atoms with Gasteiger partial charge < -0.3 is 60.2 Å². The van der Waals surface area contributed by atoms with Crippen molar-refractivity contribution in [3.63, 3.8) is 0 Å². The van der Waals surface area contributed by atoms with Gasteiger partial charge in [-0.25, -0.2) is 9.97 Å². The number of rotatable bonds is 21. The number of aliphatic hydroxyl groups is 1. The van der Waals surface area contributed by atoms with E-state index in [1.807, 2.05) is 87.8 Å². The Morgan fingerprint density at radius 2 is 1.59 bits per heavy atom. The summed E-state index contributed by atoms with van der Waals surface area (Å²) in [5.74, 6) is -0.299. The number of aromatic nitrogens is 4. The number of nitrogens with zero attached hydrogens (tertiary/aromatic N) is 7. The molecule has 3 aromatic heterocycles. The average molecular weight is 993 g/mol. The third-order valence-corrected chi connectivity index (χ3v) is 14.0. The van der Waals surface area contributed by atoms with Crippen LogP contribution in [-0.2, 0) is 35.1 Å². The van der Waals surface area contributed by atoms with Gasteiger partial charge in [-0.2, -0.15) is 0 Å². The SMILES string of the molecule is Cc1ncsc1-c1ccc(CNC(=O)[C@@H]2C[C@@H](O)CN2C(=O)[C@@H](NC(=O)COCCOCCOCCOc2cc(N3C4CCC3CN(c3cc(-c5ccccc5O)nnc3N)C4)ccn2)C(C)(C)C)cc1. The van der Waals surface area contributed by atoms with E-state index in [1.165, 1.54) is 4.90 Å². The minimum Gasteiger partial charge on any atom is -0.507 e. The highest BCUT2D eigenvalue weighted by Crippen LogP contribution is 2.39. The molecule has 6 N–H and O–H groups in total. The summed E-state index contributed by atoms with van der Waals surface area (Å²) >= 11 is 1.57. The molecule has 8 rings (SSSR count). The number of likely N-dealkylation sites (tertiary alicyclic amines) is 1. The van der Waals surface area contributed by atoms with Crippen LogP contribution >= 0.6 is 11.3 Å². The first-order valence-corrected chi connectivity index (χ1v) is 24.9. The number of fused-ring (bicyclic) bond motifs is 2. The van der Waals surface area contributed by atoms with Crippen LogP contribution in [0.15, 0.2) is 78.4 Å². The molecule has 0 radical (unpaired) electrons. The summed E-state index contributed by atoms with van der Waals surface area (Å²) in [4.78, 5) is 56.3. The predicted molar refractivity (Wildman–Crippen MR) is 269 cm³/mol. The minimum absolute atomic E-state index is 0.0199. The van der Waals surface area contributed by atoms with E-state index in [9.17, 15) is 24.6 Å². The molecule has 20 heteroatoms. The van der Waals surface area contributed by atoms with Crippen molar-refractivity contribution in [2.45, 2.75) is 83.8 Å². The number of carbonyl (C=O) groups is 3. The molecular weight excluding hydrogens is 929 g/mol. The van der Waals surface area contributed by atoms with E-state index >= 15 is 0 Å². The maximum absolute atomic E-state index is 14.0. The van der Waals surface area contributed by atoms with Gasteiger partial charge in [0.05, 0.1) is 66.6 Å². The number of nitrogen functional groups attached to an aromatic ring is 1. The van der Waals surface area contributed by atoms with Crippen molar-refractivity contribution in [2.24, 2.45) is 5.41 Å². The number of carbonyl (C=O) groups excluding carboxylic acids is 3. The topological polar surface area (TPSA) is 240 Å². The van der Waals surface area contributed by atoms with Crippen molar-refractivity contribution in [3.05, 3.63) is 89.7 Å². The molecule has 5 atom stereocenters. The molecule has 2 bridgehead atoms. The molecule has 3 aliphatic rings. The Morgan fingerprint density at radius 3 is 2.28 bits per heavy atom. The molecule has 71 heavy (non-hydrogen) atoms. The van der Waals surface area contributed by atoms with Gasteiger partial charge in [-0.1, -0.05) is 57.2 Å². The van der Waals surface area contributed by atoms with Crippen molar-refractivity contribution in [3.8, 4) is 33.3 Å². The molecule has 3 saturated heterocycles. The number of nitrogens with one attached hydrogen (secondary N) is 2. The van der Waals surface area contributed by atoms with E-state index in [0.717, 1.165) is 59.0 Å². The van der Waals surface area contributed by atoms with Crippen LogP contribution in [0.4, 0.5) is 17.2 Å². The number of thiazole rings is 1.